The number of carbonyl (C=O) groups is 1. The summed E-state index contributed by atoms with van der Waals surface area (Å²) < 4.78 is 18.6. The van der Waals surface area contributed by atoms with E-state index in [-0.39, 0.29) is 17.7 Å². The SMILES string of the molecule is CCOC(=O)c1ccc(C)cc1Nc1ccc(F)cc1C(C)C. The first-order chi connectivity index (χ1) is 10.9. The van der Waals surface area contributed by atoms with Crippen LogP contribution in [0.5, 0.6) is 0 Å². The minimum atomic E-state index is -0.372. The molecule has 2 aromatic rings. The monoisotopic (exact) mass is 315 g/mol. The van der Waals surface area contributed by atoms with Gasteiger partial charge in [0.2, 0.25) is 0 Å². The van der Waals surface area contributed by atoms with Gasteiger partial charge in [0.1, 0.15) is 5.82 Å². The lowest BCUT2D eigenvalue weighted by Gasteiger charge is -2.17. The predicted octanol–water partition coefficient (Wildman–Crippen LogP) is 5.18. The van der Waals surface area contributed by atoms with Gasteiger partial charge < -0.3 is 10.1 Å². The van der Waals surface area contributed by atoms with Crippen LogP contribution in [0.2, 0.25) is 0 Å². The van der Waals surface area contributed by atoms with Crippen LogP contribution < -0.4 is 5.32 Å². The summed E-state index contributed by atoms with van der Waals surface area (Å²) in [6.45, 7) is 8.05. The van der Waals surface area contributed by atoms with Crippen molar-refractivity contribution in [3.63, 3.8) is 0 Å². The number of ether oxygens (including phenoxy) is 1. The first-order valence-electron chi connectivity index (χ1n) is 7.76. The van der Waals surface area contributed by atoms with Gasteiger partial charge in [-0.2, -0.15) is 0 Å². The number of carbonyl (C=O) groups excluding carboxylic acids is 1. The van der Waals surface area contributed by atoms with E-state index in [1.807, 2.05) is 32.9 Å². The Kier molecular flexibility index (Phi) is 5.37. The summed E-state index contributed by atoms with van der Waals surface area (Å²) in [7, 11) is 0. The Morgan fingerprint density at radius 3 is 2.57 bits per heavy atom. The minimum absolute atomic E-state index is 0.157. The molecule has 4 heteroatoms. The maximum absolute atomic E-state index is 13.5. The molecule has 3 nitrogen and oxygen atoms in total. The third kappa shape index (κ3) is 4.09. The van der Waals surface area contributed by atoms with Crippen LogP contribution >= 0.6 is 0 Å². The van der Waals surface area contributed by atoms with Gasteiger partial charge in [-0.15, -0.1) is 0 Å². The lowest BCUT2D eigenvalue weighted by molar-refractivity contribution is 0.0527. The molecule has 23 heavy (non-hydrogen) atoms. The van der Waals surface area contributed by atoms with E-state index in [0.29, 0.717) is 17.9 Å². The highest BCUT2D eigenvalue weighted by Gasteiger charge is 2.15. The van der Waals surface area contributed by atoms with Gasteiger partial charge in [0.25, 0.3) is 0 Å². The number of anilines is 2. The van der Waals surface area contributed by atoms with Crippen molar-refractivity contribution in [3.8, 4) is 0 Å². The van der Waals surface area contributed by atoms with Crippen LogP contribution in [0, 0.1) is 12.7 Å². The van der Waals surface area contributed by atoms with Crippen LogP contribution in [-0.2, 0) is 4.74 Å². The summed E-state index contributed by atoms with van der Waals surface area (Å²) in [5, 5.41) is 3.26. The van der Waals surface area contributed by atoms with Crippen molar-refractivity contribution in [3.05, 3.63) is 58.9 Å². The Labute approximate surface area is 136 Å². The van der Waals surface area contributed by atoms with E-state index in [4.69, 9.17) is 4.74 Å². The van der Waals surface area contributed by atoms with E-state index < -0.39 is 0 Å². The molecule has 0 amide bonds. The van der Waals surface area contributed by atoms with Gasteiger partial charge in [0.05, 0.1) is 17.9 Å². The average Bonchev–Trinajstić information content (AvgIpc) is 2.49. The van der Waals surface area contributed by atoms with E-state index in [2.05, 4.69) is 5.32 Å². The van der Waals surface area contributed by atoms with Crippen LogP contribution in [0.3, 0.4) is 0 Å². The summed E-state index contributed by atoms with van der Waals surface area (Å²) in [5.41, 5.74) is 3.81. The Hall–Kier alpha value is -2.36. The van der Waals surface area contributed by atoms with Gasteiger partial charge in [-0.25, -0.2) is 9.18 Å². The number of benzene rings is 2. The van der Waals surface area contributed by atoms with E-state index in [1.54, 1.807) is 19.1 Å². The third-order valence-corrected chi connectivity index (χ3v) is 3.58. The highest BCUT2D eigenvalue weighted by atomic mass is 19.1. The molecule has 0 aromatic heterocycles. The van der Waals surface area contributed by atoms with Crippen molar-refractivity contribution < 1.29 is 13.9 Å². The molecule has 0 spiro atoms. The lowest BCUT2D eigenvalue weighted by atomic mass is 10.00. The molecule has 0 radical (unpaired) electrons. The number of rotatable bonds is 5. The number of hydrogen-bond acceptors (Lipinski definition) is 3. The molecule has 0 bridgehead atoms. The van der Waals surface area contributed by atoms with Crippen molar-refractivity contribution in [2.75, 3.05) is 11.9 Å². The molecule has 0 aliphatic carbocycles. The largest absolute Gasteiger partial charge is 0.462 e. The normalized spacial score (nSPS) is 10.7. The molecule has 0 atom stereocenters. The summed E-state index contributed by atoms with van der Waals surface area (Å²) in [6.07, 6.45) is 0. The summed E-state index contributed by atoms with van der Waals surface area (Å²) in [4.78, 5) is 12.1. The molecule has 0 saturated carbocycles. The average molecular weight is 315 g/mol. The zero-order chi connectivity index (χ0) is 17.0. The molecule has 2 aromatic carbocycles. The Morgan fingerprint density at radius 1 is 1.17 bits per heavy atom. The molecule has 0 heterocycles. The smallest absolute Gasteiger partial charge is 0.340 e. The predicted molar refractivity (Wildman–Crippen MR) is 90.9 cm³/mol. The molecule has 0 unspecified atom stereocenters. The van der Waals surface area contributed by atoms with Crippen LogP contribution in [0.15, 0.2) is 36.4 Å². The van der Waals surface area contributed by atoms with Gasteiger partial charge >= 0.3 is 5.97 Å². The Morgan fingerprint density at radius 2 is 1.91 bits per heavy atom. The zero-order valence-corrected chi connectivity index (χ0v) is 13.9. The zero-order valence-electron chi connectivity index (χ0n) is 13.9. The number of aryl methyl sites for hydroxylation is 1. The molecule has 122 valence electrons. The van der Waals surface area contributed by atoms with E-state index in [0.717, 1.165) is 16.8 Å². The van der Waals surface area contributed by atoms with Crippen LogP contribution in [-0.4, -0.2) is 12.6 Å². The second kappa shape index (κ2) is 7.27. The van der Waals surface area contributed by atoms with Crippen molar-refractivity contribution in [1.82, 2.24) is 0 Å². The third-order valence-electron chi connectivity index (χ3n) is 3.58. The van der Waals surface area contributed by atoms with Crippen LogP contribution in [0.1, 0.15) is 48.2 Å². The van der Waals surface area contributed by atoms with Gasteiger partial charge in [-0.3, -0.25) is 0 Å². The van der Waals surface area contributed by atoms with Gasteiger partial charge in [-0.1, -0.05) is 19.9 Å². The highest BCUT2D eigenvalue weighted by Crippen LogP contribution is 2.30. The first-order valence-corrected chi connectivity index (χ1v) is 7.76. The number of hydrogen-bond donors (Lipinski definition) is 1. The van der Waals surface area contributed by atoms with Crippen molar-refractivity contribution in [2.24, 2.45) is 0 Å². The standard InChI is InChI=1S/C19H22FNO2/c1-5-23-19(22)15-8-6-13(4)10-18(15)21-17-9-7-14(20)11-16(17)12(2)3/h6-12,21H,5H2,1-4H3. The molecular weight excluding hydrogens is 293 g/mol. The van der Waals surface area contributed by atoms with Gasteiger partial charge in [0.15, 0.2) is 0 Å². The van der Waals surface area contributed by atoms with Crippen LogP contribution in [0.4, 0.5) is 15.8 Å². The molecular formula is C19H22FNO2. The highest BCUT2D eigenvalue weighted by molar-refractivity contribution is 5.96. The van der Waals surface area contributed by atoms with Crippen molar-refractivity contribution >= 4 is 17.3 Å². The number of esters is 1. The molecule has 1 N–H and O–H groups in total. The maximum atomic E-state index is 13.5. The van der Waals surface area contributed by atoms with Crippen LogP contribution in [0.25, 0.3) is 0 Å². The number of halogens is 1. The van der Waals surface area contributed by atoms with E-state index >= 15 is 0 Å². The maximum Gasteiger partial charge on any atom is 0.340 e. The molecule has 0 aliphatic rings. The summed E-state index contributed by atoms with van der Waals surface area (Å²) in [5.74, 6) is -0.485. The molecule has 0 saturated heterocycles. The Bertz CT molecular complexity index is 711. The second-order valence-corrected chi connectivity index (χ2v) is 5.78. The summed E-state index contributed by atoms with van der Waals surface area (Å²) >= 11 is 0. The van der Waals surface area contributed by atoms with Crippen molar-refractivity contribution in [2.45, 2.75) is 33.6 Å². The molecule has 0 fully saturated rings. The van der Waals surface area contributed by atoms with E-state index in [1.165, 1.54) is 12.1 Å². The van der Waals surface area contributed by atoms with E-state index in [9.17, 15) is 9.18 Å². The van der Waals surface area contributed by atoms with Gasteiger partial charge in [-0.05, 0) is 61.2 Å². The summed E-state index contributed by atoms with van der Waals surface area (Å²) in [6, 6.07) is 10.1. The fourth-order valence-electron chi connectivity index (χ4n) is 2.42. The number of nitrogens with one attached hydrogen (secondary N) is 1. The molecule has 0 aliphatic heterocycles. The fraction of sp³-hybridized carbons (Fsp3) is 0.316. The van der Waals surface area contributed by atoms with Gasteiger partial charge in [0, 0.05) is 5.69 Å². The molecule has 2 rings (SSSR count). The topological polar surface area (TPSA) is 38.3 Å². The fourth-order valence-corrected chi connectivity index (χ4v) is 2.42. The quantitative estimate of drug-likeness (QED) is 0.773. The lowest BCUT2D eigenvalue weighted by Crippen LogP contribution is -2.09. The Balaban J connectivity index is 2.44. The minimum Gasteiger partial charge on any atom is -0.462 e. The second-order valence-electron chi connectivity index (χ2n) is 5.78. The van der Waals surface area contributed by atoms with Crippen molar-refractivity contribution in [1.29, 1.82) is 0 Å². The first kappa shape index (κ1) is 17.0.